The Morgan fingerprint density at radius 2 is 1.69 bits per heavy atom. The van der Waals surface area contributed by atoms with Crippen LogP contribution in [0.15, 0.2) is 93.2 Å². The zero-order valence-electron chi connectivity index (χ0n) is 19.5. The average molecular weight is 491 g/mol. The lowest BCUT2D eigenvalue weighted by molar-refractivity contribution is 0.387. The van der Waals surface area contributed by atoms with Crippen LogP contribution < -0.4 is 4.90 Å². The Balaban J connectivity index is 1.47. The van der Waals surface area contributed by atoms with Crippen LogP contribution in [-0.2, 0) is 16.3 Å². The first-order valence-electron chi connectivity index (χ1n) is 11.8. The van der Waals surface area contributed by atoms with Gasteiger partial charge in [-0.1, -0.05) is 48.0 Å². The normalized spacial score (nSPS) is 14.9. The lowest BCUT2D eigenvalue weighted by Gasteiger charge is -2.32. The molecule has 3 aromatic carbocycles. The van der Waals surface area contributed by atoms with E-state index in [-0.39, 0.29) is 21.7 Å². The molecule has 4 aromatic rings. The molecule has 1 aliphatic heterocycles. The predicted molar refractivity (Wildman–Crippen MR) is 134 cm³/mol. The van der Waals surface area contributed by atoms with E-state index in [2.05, 4.69) is 29.2 Å². The van der Waals surface area contributed by atoms with Crippen molar-refractivity contribution in [3.63, 3.8) is 0 Å². The molecule has 5 nitrogen and oxygen atoms in total. The average Bonchev–Trinajstić information content (AvgIpc) is 3.32. The predicted octanol–water partition coefficient (Wildman–Crippen LogP) is 6.08. The summed E-state index contributed by atoms with van der Waals surface area (Å²) in [7, 11) is -4.01. The van der Waals surface area contributed by atoms with Gasteiger partial charge in [-0.3, -0.25) is 0 Å². The highest BCUT2D eigenvalue weighted by molar-refractivity contribution is 7.91. The number of oxazole rings is 1. The Morgan fingerprint density at radius 3 is 2.37 bits per heavy atom. The van der Waals surface area contributed by atoms with Crippen LogP contribution in [0.4, 0.5) is 10.3 Å². The topological polar surface area (TPSA) is 63.4 Å². The number of benzene rings is 3. The van der Waals surface area contributed by atoms with E-state index < -0.39 is 15.7 Å². The summed E-state index contributed by atoms with van der Waals surface area (Å²) < 4.78 is 46.7. The van der Waals surface area contributed by atoms with Gasteiger partial charge in [0, 0.05) is 18.7 Å². The van der Waals surface area contributed by atoms with Crippen molar-refractivity contribution in [2.24, 2.45) is 5.92 Å². The van der Waals surface area contributed by atoms with Crippen molar-refractivity contribution < 1.29 is 17.2 Å². The highest BCUT2D eigenvalue weighted by atomic mass is 32.2. The van der Waals surface area contributed by atoms with Gasteiger partial charge in [0.1, 0.15) is 5.82 Å². The van der Waals surface area contributed by atoms with Gasteiger partial charge in [-0.2, -0.15) is 4.98 Å². The Kier molecular flexibility index (Phi) is 6.43. The van der Waals surface area contributed by atoms with Gasteiger partial charge in [-0.05, 0) is 74.1 Å². The fraction of sp³-hybridized carbons (Fsp3) is 0.250. The summed E-state index contributed by atoms with van der Waals surface area (Å²) in [6.07, 6.45) is 2.84. The molecule has 0 aliphatic carbocycles. The van der Waals surface area contributed by atoms with Gasteiger partial charge < -0.3 is 9.32 Å². The third-order valence-corrected chi connectivity index (χ3v) is 8.16. The van der Waals surface area contributed by atoms with Crippen LogP contribution in [0.5, 0.6) is 0 Å². The third kappa shape index (κ3) is 5.00. The number of hydrogen-bond donors (Lipinski definition) is 0. The number of nitrogens with zero attached hydrogens (tertiary/aromatic N) is 2. The molecule has 1 fully saturated rings. The molecular formula is C28H27FN2O3S. The van der Waals surface area contributed by atoms with Crippen molar-refractivity contribution >= 4 is 15.7 Å². The fourth-order valence-electron chi connectivity index (χ4n) is 4.59. The minimum absolute atomic E-state index is 0.0109. The van der Waals surface area contributed by atoms with Crippen LogP contribution >= 0.6 is 0 Å². The lowest BCUT2D eigenvalue weighted by Crippen LogP contribution is -2.34. The summed E-state index contributed by atoms with van der Waals surface area (Å²) in [5.41, 5.74) is 3.05. The van der Waals surface area contributed by atoms with Gasteiger partial charge in [-0.25, -0.2) is 12.8 Å². The smallest absolute Gasteiger partial charge is 0.236 e. The molecule has 1 aromatic heterocycles. The second kappa shape index (κ2) is 9.66. The second-order valence-corrected chi connectivity index (χ2v) is 10.9. The van der Waals surface area contributed by atoms with Crippen LogP contribution in [0.2, 0.25) is 0 Å². The molecule has 0 radical (unpaired) electrons. The summed E-state index contributed by atoms with van der Waals surface area (Å²) in [5, 5.41) is -0.123. The number of halogens is 1. The molecule has 1 aliphatic rings. The summed E-state index contributed by atoms with van der Waals surface area (Å²) >= 11 is 0. The molecule has 0 N–H and O–H groups in total. The second-order valence-electron chi connectivity index (χ2n) is 9.08. The maximum atomic E-state index is 13.6. The molecule has 180 valence electrons. The number of rotatable bonds is 6. The van der Waals surface area contributed by atoms with Crippen molar-refractivity contribution in [3.05, 3.63) is 95.8 Å². The molecule has 0 amide bonds. The number of anilines is 1. The van der Waals surface area contributed by atoms with Gasteiger partial charge in [0.2, 0.25) is 26.6 Å². The van der Waals surface area contributed by atoms with Crippen molar-refractivity contribution in [2.45, 2.75) is 36.1 Å². The molecule has 7 heteroatoms. The van der Waals surface area contributed by atoms with Gasteiger partial charge in [0.15, 0.2) is 0 Å². The number of aromatic nitrogens is 1. The van der Waals surface area contributed by atoms with Crippen LogP contribution in [-0.4, -0.2) is 26.5 Å². The highest BCUT2D eigenvalue weighted by Gasteiger charge is 2.33. The molecular weight excluding hydrogens is 463 g/mol. The Morgan fingerprint density at radius 1 is 0.971 bits per heavy atom. The summed E-state index contributed by atoms with van der Waals surface area (Å²) in [6, 6.07) is 22.8. The SMILES string of the molecule is Cc1cccc(-c2nc(S(=O)(=O)c3ccc(F)cc3)c(N3CCC(Cc4ccccc4)CC3)o2)c1. The number of piperidine rings is 1. The van der Waals surface area contributed by atoms with Crippen LogP contribution in [0.1, 0.15) is 24.0 Å². The lowest BCUT2D eigenvalue weighted by atomic mass is 9.90. The first-order valence-corrected chi connectivity index (χ1v) is 13.3. The maximum Gasteiger partial charge on any atom is 0.236 e. The number of sulfone groups is 1. The fourth-order valence-corrected chi connectivity index (χ4v) is 5.91. The molecule has 0 spiro atoms. The number of hydrogen-bond acceptors (Lipinski definition) is 5. The number of aryl methyl sites for hydroxylation is 1. The van der Waals surface area contributed by atoms with E-state index in [0.717, 1.165) is 37.0 Å². The first-order chi connectivity index (χ1) is 16.9. The van der Waals surface area contributed by atoms with Crippen molar-refractivity contribution in [1.29, 1.82) is 0 Å². The Hall–Kier alpha value is -3.45. The molecule has 2 heterocycles. The van der Waals surface area contributed by atoms with E-state index in [9.17, 15) is 12.8 Å². The van der Waals surface area contributed by atoms with E-state index in [1.165, 1.54) is 17.7 Å². The van der Waals surface area contributed by atoms with E-state index in [4.69, 9.17) is 4.42 Å². The van der Waals surface area contributed by atoms with Gasteiger partial charge in [0.25, 0.3) is 0 Å². The minimum Gasteiger partial charge on any atom is -0.419 e. The Bertz CT molecular complexity index is 1410. The molecule has 0 unspecified atom stereocenters. The maximum absolute atomic E-state index is 13.6. The van der Waals surface area contributed by atoms with Gasteiger partial charge in [-0.15, -0.1) is 0 Å². The zero-order chi connectivity index (χ0) is 24.4. The molecule has 5 rings (SSSR count). The minimum atomic E-state index is -4.01. The monoisotopic (exact) mass is 490 g/mol. The van der Waals surface area contributed by atoms with Crippen LogP contribution in [0.3, 0.4) is 0 Å². The van der Waals surface area contributed by atoms with Crippen molar-refractivity contribution in [3.8, 4) is 11.5 Å². The first kappa shape index (κ1) is 23.3. The van der Waals surface area contributed by atoms with Crippen LogP contribution in [0, 0.1) is 18.7 Å². The van der Waals surface area contributed by atoms with E-state index in [1.54, 1.807) is 0 Å². The van der Waals surface area contributed by atoms with E-state index in [0.29, 0.717) is 24.6 Å². The summed E-state index contributed by atoms with van der Waals surface area (Å²) in [6.45, 7) is 3.30. The Labute approximate surface area is 205 Å². The zero-order valence-corrected chi connectivity index (χ0v) is 20.3. The summed E-state index contributed by atoms with van der Waals surface area (Å²) in [5.74, 6) is 0.537. The molecule has 1 saturated heterocycles. The summed E-state index contributed by atoms with van der Waals surface area (Å²) in [4.78, 5) is 6.43. The third-order valence-electron chi connectivity index (χ3n) is 6.49. The molecule has 0 saturated carbocycles. The van der Waals surface area contributed by atoms with Crippen LogP contribution in [0.25, 0.3) is 11.5 Å². The molecule has 0 bridgehead atoms. The quantitative estimate of drug-likeness (QED) is 0.307. The van der Waals surface area contributed by atoms with Gasteiger partial charge in [0.05, 0.1) is 4.90 Å². The highest BCUT2D eigenvalue weighted by Crippen LogP contribution is 2.37. The standard InChI is InChI=1S/C28H27FN2O3S/c1-20-6-5-9-23(18-20)26-30-27(35(32,33)25-12-10-24(29)11-13-25)28(34-26)31-16-14-22(15-17-31)19-21-7-3-2-4-8-21/h2-13,18,22H,14-17,19H2,1H3. The van der Waals surface area contributed by atoms with E-state index >= 15 is 0 Å². The molecule has 35 heavy (non-hydrogen) atoms. The molecule has 0 atom stereocenters. The van der Waals surface area contributed by atoms with E-state index in [1.807, 2.05) is 42.2 Å². The largest absolute Gasteiger partial charge is 0.419 e. The van der Waals surface area contributed by atoms with Gasteiger partial charge >= 0.3 is 0 Å². The van der Waals surface area contributed by atoms with Crippen molar-refractivity contribution in [2.75, 3.05) is 18.0 Å². The van der Waals surface area contributed by atoms with Crippen molar-refractivity contribution in [1.82, 2.24) is 4.98 Å².